The average Bonchev–Trinajstić information content (AvgIpc) is 2.85. The molecule has 1 aliphatic heterocycles. The van der Waals surface area contributed by atoms with E-state index in [0.717, 1.165) is 42.2 Å². The maximum absolute atomic E-state index is 13.4. The van der Waals surface area contributed by atoms with E-state index in [1.165, 1.54) is 0 Å². The molecule has 3 aromatic rings. The van der Waals surface area contributed by atoms with Gasteiger partial charge in [0.15, 0.2) is 6.61 Å². The number of hydrogen-bond acceptors (Lipinski definition) is 5. The van der Waals surface area contributed by atoms with Gasteiger partial charge in [-0.3, -0.25) is 4.79 Å². The largest absolute Gasteiger partial charge is 0.484 e. The highest BCUT2D eigenvalue weighted by atomic mass is 35.5. The van der Waals surface area contributed by atoms with Crippen molar-refractivity contribution in [1.82, 2.24) is 4.90 Å². The third-order valence-electron chi connectivity index (χ3n) is 7.89. The molecule has 5 rings (SSSR count). The number of rotatable bonds is 4. The lowest BCUT2D eigenvalue weighted by Gasteiger charge is -2.52. The van der Waals surface area contributed by atoms with E-state index >= 15 is 0 Å². The molecule has 184 valence electrons. The number of aliphatic hydroxyl groups is 1. The van der Waals surface area contributed by atoms with Crippen molar-refractivity contribution in [3.8, 4) is 5.75 Å². The Morgan fingerprint density at radius 2 is 1.91 bits per heavy atom. The van der Waals surface area contributed by atoms with Crippen molar-refractivity contribution >= 4 is 28.5 Å². The summed E-state index contributed by atoms with van der Waals surface area (Å²) in [5.74, 6) is 0.293. The number of nitrogens with zero attached hydrogens (tertiary/aromatic N) is 1. The van der Waals surface area contributed by atoms with Gasteiger partial charge in [-0.1, -0.05) is 36.6 Å². The van der Waals surface area contributed by atoms with Gasteiger partial charge in [0, 0.05) is 34.5 Å². The number of amides is 1. The van der Waals surface area contributed by atoms with Crippen LogP contribution in [0, 0.1) is 19.8 Å². The Morgan fingerprint density at radius 3 is 2.69 bits per heavy atom. The summed E-state index contributed by atoms with van der Waals surface area (Å²) in [4.78, 5) is 27.4. The summed E-state index contributed by atoms with van der Waals surface area (Å²) >= 11 is 6.12. The smallest absolute Gasteiger partial charge is 0.339 e. The topological polar surface area (TPSA) is 80.0 Å². The monoisotopic (exact) mass is 495 g/mol. The second-order valence-electron chi connectivity index (χ2n) is 9.88. The van der Waals surface area contributed by atoms with Crippen LogP contribution in [-0.4, -0.2) is 34.7 Å². The summed E-state index contributed by atoms with van der Waals surface area (Å²) in [6, 6.07) is 12.6. The van der Waals surface area contributed by atoms with Crippen molar-refractivity contribution in [2.45, 2.75) is 57.6 Å². The molecule has 2 aliphatic rings. The van der Waals surface area contributed by atoms with Crippen LogP contribution in [0.5, 0.6) is 5.75 Å². The van der Waals surface area contributed by atoms with Crippen molar-refractivity contribution in [3.05, 3.63) is 74.6 Å². The van der Waals surface area contributed by atoms with Crippen LogP contribution in [-0.2, 0) is 4.79 Å². The molecule has 35 heavy (non-hydrogen) atoms. The van der Waals surface area contributed by atoms with Crippen LogP contribution in [0.3, 0.4) is 0 Å². The molecule has 6 nitrogen and oxygen atoms in total. The second-order valence-corrected chi connectivity index (χ2v) is 10.3. The molecule has 2 heterocycles. The van der Waals surface area contributed by atoms with E-state index in [-0.39, 0.29) is 30.1 Å². The van der Waals surface area contributed by atoms with Gasteiger partial charge in [0.1, 0.15) is 11.3 Å². The molecule has 1 aromatic heterocycles. The van der Waals surface area contributed by atoms with E-state index in [1.54, 1.807) is 19.1 Å². The van der Waals surface area contributed by atoms with Crippen LogP contribution in [0.15, 0.2) is 51.7 Å². The van der Waals surface area contributed by atoms with Gasteiger partial charge in [0.25, 0.3) is 5.91 Å². The molecule has 1 saturated heterocycles. The minimum Gasteiger partial charge on any atom is -0.484 e. The number of fused-ring (bicyclic) bond motifs is 2. The maximum Gasteiger partial charge on any atom is 0.339 e. The molecule has 3 atom stereocenters. The van der Waals surface area contributed by atoms with Crippen LogP contribution in [0.4, 0.5) is 0 Å². The third-order valence-corrected chi connectivity index (χ3v) is 8.14. The Labute approximate surface area is 209 Å². The predicted molar refractivity (Wildman–Crippen MR) is 135 cm³/mol. The molecule has 2 fully saturated rings. The number of halogens is 1. The molecular formula is C28H30ClNO5. The predicted octanol–water partition coefficient (Wildman–Crippen LogP) is 5.34. The number of likely N-dealkylation sites (tertiary alicyclic amines) is 1. The SMILES string of the molecule is Cc1c(C)c2ccc(OCC(=O)N3CC[C@]4(O)CCCC[C@H]4[C@@H]3c3ccc(Cl)cc3)cc2oc1=O. The Hall–Kier alpha value is -2.83. The summed E-state index contributed by atoms with van der Waals surface area (Å²) in [5, 5.41) is 12.9. The summed E-state index contributed by atoms with van der Waals surface area (Å²) in [6.45, 7) is 3.95. The number of benzene rings is 2. The number of aryl methyl sites for hydroxylation is 1. The molecule has 7 heteroatoms. The number of piperidine rings is 1. The van der Waals surface area contributed by atoms with Crippen molar-refractivity contribution < 1.29 is 19.1 Å². The van der Waals surface area contributed by atoms with Gasteiger partial charge in [-0.05, 0) is 68.5 Å². The van der Waals surface area contributed by atoms with E-state index in [2.05, 4.69) is 0 Å². The Balaban J connectivity index is 1.39. The Kier molecular flexibility index (Phi) is 6.36. The maximum atomic E-state index is 13.4. The van der Waals surface area contributed by atoms with E-state index in [1.807, 2.05) is 42.2 Å². The first kappa shape index (κ1) is 23.9. The molecule has 2 aromatic carbocycles. The van der Waals surface area contributed by atoms with E-state index in [4.69, 9.17) is 20.8 Å². The first-order chi connectivity index (χ1) is 16.8. The van der Waals surface area contributed by atoms with Crippen LogP contribution < -0.4 is 10.4 Å². The number of carbonyl (C=O) groups is 1. The Morgan fingerprint density at radius 1 is 1.14 bits per heavy atom. The van der Waals surface area contributed by atoms with Gasteiger partial charge in [-0.15, -0.1) is 0 Å². The van der Waals surface area contributed by atoms with E-state index in [0.29, 0.717) is 34.9 Å². The van der Waals surface area contributed by atoms with Gasteiger partial charge in [-0.2, -0.15) is 0 Å². The number of ether oxygens (including phenoxy) is 1. The molecule has 0 bridgehead atoms. The third kappa shape index (κ3) is 4.45. The molecule has 0 radical (unpaired) electrons. The summed E-state index contributed by atoms with van der Waals surface area (Å²) in [5.41, 5.74) is 1.74. The van der Waals surface area contributed by atoms with Crippen molar-refractivity contribution in [2.24, 2.45) is 5.92 Å². The van der Waals surface area contributed by atoms with Gasteiger partial charge >= 0.3 is 5.63 Å². The fourth-order valence-electron chi connectivity index (χ4n) is 5.78. The summed E-state index contributed by atoms with van der Waals surface area (Å²) < 4.78 is 11.3. The van der Waals surface area contributed by atoms with Crippen LogP contribution in [0.2, 0.25) is 5.02 Å². The van der Waals surface area contributed by atoms with Gasteiger partial charge in [0.05, 0.1) is 11.6 Å². The fraction of sp³-hybridized carbons (Fsp3) is 0.429. The van der Waals surface area contributed by atoms with E-state index in [9.17, 15) is 14.7 Å². The van der Waals surface area contributed by atoms with Crippen molar-refractivity contribution in [3.63, 3.8) is 0 Å². The fourth-order valence-corrected chi connectivity index (χ4v) is 5.91. The molecule has 1 aliphatic carbocycles. The van der Waals surface area contributed by atoms with Crippen LogP contribution in [0.25, 0.3) is 11.0 Å². The number of hydrogen-bond donors (Lipinski definition) is 1. The Bertz CT molecular complexity index is 1320. The average molecular weight is 496 g/mol. The lowest BCUT2D eigenvalue weighted by atomic mass is 9.66. The zero-order chi connectivity index (χ0) is 24.7. The zero-order valence-corrected chi connectivity index (χ0v) is 20.8. The van der Waals surface area contributed by atoms with Gasteiger partial charge in [-0.25, -0.2) is 4.79 Å². The van der Waals surface area contributed by atoms with Crippen LogP contribution >= 0.6 is 11.6 Å². The first-order valence-electron chi connectivity index (χ1n) is 12.2. The lowest BCUT2D eigenvalue weighted by molar-refractivity contribution is -0.157. The minimum absolute atomic E-state index is 0.0312. The molecule has 1 amide bonds. The van der Waals surface area contributed by atoms with Gasteiger partial charge < -0.3 is 19.2 Å². The molecular weight excluding hydrogens is 466 g/mol. The molecule has 0 spiro atoms. The number of carbonyl (C=O) groups excluding carboxylic acids is 1. The molecule has 0 unspecified atom stereocenters. The van der Waals surface area contributed by atoms with Crippen molar-refractivity contribution in [1.29, 1.82) is 0 Å². The van der Waals surface area contributed by atoms with E-state index < -0.39 is 5.60 Å². The molecule has 1 N–H and O–H groups in total. The highest BCUT2D eigenvalue weighted by molar-refractivity contribution is 6.30. The second kappa shape index (κ2) is 9.32. The molecule has 1 saturated carbocycles. The zero-order valence-electron chi connectivity index (χ0n) is 20.1. The first-order valence-corrected chi connectivity index (χ1v) is 12.6. The lowest BCUT2D eigenvalue weighted by Crippen LogP contribution is -2.56. The normalized spacial score (nSPS) is 24.3. The van der Waals surface area contributed by atoms with Crippen molar-refractivity contribution in [2.75, 3.05) is 13.2 Å². The standard InChI is InChI=1S/C28H30ClNO5/c1-17-18(2)27(32)35-24-15-21(10-11-22(17)24)34-16-25(31)30-14-13-28(33)12-4-3-5-23(28)26(30)19-6-8-20(29)9-7-19/h6-11,15,23,26,33H,3-5,12-14,16H2,1-2H3/t23-,26-,28+/m0/s1. The highest BCUT2D eigenvalue weighted by Crippen LogP contribution is 2.49. The minimum atomic E-state index is -0.758. The quantitative estimate of drug-likeness (QED) is 0.494. The van der Waals surface area contributed by atoms with Crippen LogP contribution in [0.1, 0.15) is 54.8 Å². The van der Waals surface area contributed by atoms with Gasteiger partial charge in [0.2, 0.25) is 0 Å². The highest BCUT2D eigenvalue weighted by Gasteiger charge is 2.50. The summed E-state index contributed by atoms with van der Waals surface area (Å²) in [7, 11) is 0. The summed E-state index contributed by atoms with van der Waals surface area (Å²) in [6.07, 6.45) is 4.25.